The van der Waals surface area contributed by atoms with Crippen LogP contribution in [0.25, 0.3) is 0 Å². The van der Waals surface area contributed by atoms with Crippen LogP contribution in [-0.4, -0.2) is 35.5 Å². The van der Waals surface area contributed by atoms with Crippen LogP contribution in [0, 0.1) is 0 Å². The summed E-state index contributed by atoms with van der Waals surface area (Å²) in [5.74, 6) is -0.191. The van der Waals surface area contributed by atoms with Gasteiger partial charge in [-0.1, -0.05) is 0 Å². The number of rotatable bonds is 2. The van der Waals surface area contributed by atoms with E-state index in [-0.39, 0.29) is 6.54 Å². The van der Waals surface area contributed by atoms with Gasteiger partial charge in [-0.2, -0.15) is 0 Å². The van der Waals surface area contributed by atoms with Crippen LogP contribution in [0.3, 0.4) is 0 Å². The molecule has 1 aliphatic rings. The fraction of sp³-hybridized carbons (Fsp3) is 0.222. The molecule has 0 spiro atoms. The molecule has 0 radical (unpaired) electrons. The van der Waals surface area contributed by atoms with Gasteiger partial charge < -0.3 is 10.0 Å². The van der Waals surface area contributed by atoms with E-state index in [4.69, 9.17) is 5.11 Å². The Labute approximate surface area is 80.7 Å². The zero-order valence-corrected chi connectivity index (χ0v) is 7.42. The van der Waals surface area contributed by atoms with Crippen molar-refractivity contribution in [2.75, 3.05) is 18.1 Å². The van der Waals surface area contributed by atoms with E-state index in [0.29, 0.717) is 12.5 Å². The Bertz CT molecular complexity index is 389. The molecular formula is C9H9N3O2. The minimum absolute atomic E-state index is 0.0681. The summed E-state index contributed by atoms with van der Waals surface area (Å²) >= 11 is 0. The summed E-state index contributed by atoms with van der Waals surface area (Å²) in [6.07, 6.45) is 3.35. The predicted octanol–water partition coefficient (Wildman–Crippen LogP) is 0.363. The van der Waals surface area contributed by atoms with E-state index in [1.165, 1.54) is 0 Å². The number of carbonyl (C=O) groups is 1. The third-order valence-corrected chi connectivity index (χ3v) is 1.93. The zero-order valence-electron chi connectivity index (χ0n) is 7.42. The highest BCUT2D eigenvalue weighted by atomic mass is 16.4. The van der Waals surface area contributed by atoms with Gasteiger partial charge in [0.2, 0.25) is 0 Å². The lowest BCUT2D eigenvalue weighted by Crippen LogP contribution is -2.33. The molecule has 0 saturated heterocycles. The number of aromatic nitrogens is 1. The summed E-state index contributed by atoms with van der Waals surface area (Å²) in [6, 6.07) is 3.66. The highest BCUT2D eigenvalue weighted by Gasteiger charge is 2.16. The third kappa shape index (κ3) is 1.56. The average molecular weight is 191 g/mol. The standard InChI is InChI=1S/C9H9N3O2/c13-8(14)5-12-6-10-4-7-2-1-3-11-9(7)12/h1-4H,5-6H2,(H,13,14). The second-order valence-corrected chi connectivity index (χ2v) is 2.96. The molecule has 1 aliphatic heterocycles. The van der Waals surface area contributed by atoms with Gasteiger partial charge in [-0.05, 0) is 12.1 Å². The Morgan fingerprint density at radius 1 is 1.64 bits per heavy atom. The molecule has 2 heterocycles. The summed E-state index contributed by atoms with van der Waals surface area (Å²) in [4.78, 5) is 20.4. The maximum Gasteiger partial charge on any atom is 0.323 e. The van der Waals surface area contributed by atoms with Gasteiger partial charge in [0.15, 0.2) is 0 Å². The lowest BCUT2D eigenvalue weighted by molar-refractivity contribution is -0.135. The molecule has 1 aromatic rings. The molecule has 1 aromatic heterocycles. The number of carboxylic acid groups (broad SMARTS) is 1. The Hall–Kier alpha value is -1.91. The van der Waals surface area contributed by atoms with E-state index in [0.717, 1.165) is 5.56 Å². The van der Waals surface area contributed by atoms with Crippen molar-refractivity contribution in [2.45, 2.75) is 0 Å². The van der Waals surface area contributed by atoms with Crippen molar-refractivity contribution in [2.24, 2.45) is 4.99 Å². The van der Waals surface area contributed by atoms with E-state index < -0.39 is 5.97 Å². The van der Waals surface area contributed by atoms with E-state index in [9.17, 15) is 4.79 Å². The van der Waals surface area contributed by atoms with Crippen molar-refractivity contribution in [1.82, 2.24) is 4.98 Å². The number of aliphatic imine (C=N–C) groups is 1. The van der Waals surface area contributed by atoms with E-state index in [1.54, 1.807) is 23.4 Å². The van der Waals surface area contributed by atoms with Crippen molar-refractivity contribution in [1.29, 1.82) is 0 Å². The van der Waals surface area contributed by atoms with Crippen molar-refractivity contribution < 1.29 is 9.90 Å². The van der Waals surface area contributed by atoms with Gasteiger partial charge in [0, 0.05) is 18.0 Å². The molecule has 0 aliphatic carbocycles. The number of fused-ring (bicyclic) bond motifs is 1. The number of hydrogen-bond acceptors (Lipinski definition) is 4. The van der Waals surface area contributed by atoms with Crippen LogP contribution in [0.15, 0.2) is 23.3 Å². The molecule has 0 bridgehead atoms. The predicted molar refractivity (Wildman–Crippen MR) is 51.7 cm³/mol. The van der Waals surface area contributed by atoms with Crippen LogP contribution in [-0.2, 0) is 4.79 Å². The van der Waals surface area contributed by atoms with Crippen LogP contribution in [0.5, 0.6) is 0 Å². The first kappa shape index (κ1) is 8.68. The molecule has 0 saturated carbocycles. The summed E-state index contributed by atoms with van der Waals surface area (Å²) in [5, 5.41) is 8.67. The topological polar surface area (TPSA) is 65.8 Å². The molecule has 0 amide bonds. The smallest absolute Gasteiger partial charge is 0.323 e. The van der Waals surface area contributed by atoms with Crippen LogP contribution in [0.4, 0.5) is 5.82 Å². The number of aliphatic carboxylic acids is 1. The SMILES string of the molecule is O=C(O)CN1CN=Cc2cccnc21. The molecule has 72 valence electrons. The molecule has 14 heavy (non-hydrogen) atoms. The fourth-order valence-electron chi connectivity index (χ4n) is 1.37. The zero-order chi connectivity index (χ0) is 9.97. The van der Waals surface area contributed by atoms with E-state index in [1.807, 2.05) is 6.07 Å². The van der Waals surface area contributed by atoms with Gasteiger partial charge in [-0.25, -0.2) is 4.98 Å². The second-order valence-electron chi connectivity index (χ2n) is 2.96. The summed E-state index contributed by atoms with van der Waals surface area (Å²) in [6.45, 7) is 0.289. The van der Waals surface area contributed by atoms with Crippen LogP contribution in [0.1, 0.15) is 5.56 Å². The first-order valence-electron chi connectivity index (χ1n) is 4.19. The molecule has 0 atom stereocenters. The lowest BCUT2D eigenvalue weighted by atomic mass is 10.2. The normalized spacial score (nSPS) is 13.9. The molecule has 0 unspecified atom stereocenters. The van der Waals surface area contributed by atoms with Crippen molar-refractivity contribution in [3.63, 3.8) is 0 Å². The van der Waals surface area contributed by atoms with Crippen molar-refractivity contribution in [3.8, 4) is 0 Å². The Morgan fingerprint density at radius 2 is 2.50 bits per heavy atom. The maximum absolute atomic E-state index is 10.6. The minimum Gasteiger partial charge on any atom is -0.480 e. The largest absolute Gasteiger partial charge is 0.480 e. The van der Waals surface area contributed by atoms with E-state index in [2.05, 4.69) is 9.98 Å². The maximum atomic E-state index is 10.6. The second kappa shape index (κ2) is 3.45. The number of anilines is 1. The quantitative estimate of drug-likeness (QED) is 0.733. The highest BCUT2D eigenvalue weighted by Crippen LogP contribution is 2.17. The number of pyridine rings is 1. The number of nitrogens with zero attached hydrogens (tertiary/aromatic N) is 3. The molecular weight excluding hydrogens is 182 g/mol. The van der Waals surface area contributed by atoms with Gasteiger partial charge in [-0.15, -0.1) is 0 Å². The number of carboxylic acids is 1. The average Bonchev–Trinajstić information content (AvgIpc) is 2.18. The highest BCUT2D eigenvalue weighted by molar-refractivity contribution is 5.89. The van der Waals surface area contributed by atoms with Crippen molar-refractivity contribution >= 4 is 18.0 Å². The lowest BCUT2D eigenvalue weighted by Gasteiger charge is -2.23. The Balaban J connectivity index is 2.31. The summed E-state index contributed by atoms with van der Waals surface area (Å²) in [7, 11) is 0. The molecule has 1 N–H and O–H groups in total. The summed E-state index contributed by atoms with van der Waals surface area (Å²) < 4.78 is 0. The molecule has 0 aromatic carbocycles. The third-order valence-electron chi connectivity index (χ3n) is 1.93. The van der Waals surface area contributed by atoms with E-state index >= 15 is 0 Å². The molecule has 2 rings (SSSR count). The van der Waals surface area contributed by atoms with Gasteiger partial charge in [-0.3, -0.25) is 9.79 Å². The minimum atomic E-state index is -0.876. The molecule has 5 nitrogen and oxygen atoms in total. The number of hydrogen-bond donors (Lipinski definition) is 1. The molecule has 0 fully saturated rings. The monoisotopic (exact) mass is 191 g/mol. The van der Waals surface area contributed by atoms with Gasteiger partial charge in [0.25, 0.3) is 0 Å². The fourth-order valence-corrected chi connectivity index (χ4v) is 1.37. The van der Waals surface area contributed by atoms with Crippen molar-refractivity contribution in [3.05, 3.63) is 23.9 Å². The Morgan fingerprint density at radius 3 is 3.29 bits per heavy atom. The van der Waals surface area contributed by atoms with Crippen LogP contribution < -0.4 is 4.90 Å². The first-order chi connectivity index (χ1) is 6.77. The summed E-state index contributed by atoms with van der Waals surface area (Å²) in [5.41, 5.74) is 0.861. The first-order valence-corrected chi connectivity index (χ1v) is 4.19. The van der Waals surface area contributed by atoms with Crippen LogP contribution >= 0.6 is 0 Å². The van der Waals surface area contributed by atoms with Crippen LogP contribution in [0.2, 0.25) is 0 Å². The Kier molecular flexibility index (Phi) is 2.14. The van der Waals surface area contributed by atoms with Gasteiger partial charge in [0.1, 0.15) is 19.0 Å². The molecule has 5 heteroatoms. The van der Waals surface area contributed by atoms with Gasteiger partial charge in [0.05, 0.1) is 0 Å². The van der Waals surface area contributed by atoms with Gasteiger partial charge >= 0.3 is 5.97 Å².